The molecular weight excluding hydrogens is 442 g/mol. The first-order chi connectivity index (χ1) is 15.9. The third-order valence-electron chi connectivity index (χ3n) is 5.70. The summed E-state index contributed by atoms with van der Waals surface area (Å²) in [6, 6.07) is 14.0. The molecule has 10 heteroatoms. The zero-order valence-electron chi connectivity index (χ0n) is 18.6. The molecule has 0 aliphatic carbocycles. The predicted octanol–water partition coefficient (Wildman–Crippen LogP) is 3.15. The summed E-state index contributed by atoms with van der Waals surface area (Å²) in [5, 5.41) is 6.92. The highest BCUT2D eigenvalue weighted by Crippen LogP contribution is 2.31. The van der Waals surface area contributed by atoms with Crippen LogP contribution in [0.5, 0.6) is 5.75 Å². The molecule has 1 aromatic heterocycles. The number of hydrogen-bond acceptors (Lipinski definition) is 6. The number of carbonyl (C=O) groups excluding carboxylic acids is 1. The van der Waals surface area contributed by atoms with E-state index in [4.69, 9.17) is 4.74 Å². The summed E-state index contributed by atoms with van der Waals surface area (Å²) in [6.07, 6.45) is 4.14. The van der Waals surface area contributed by atoms with Crippen molar-refractivity contribution < 1.29 is 17.9 Å². The SMILES string of the molecule is COc1ccc(C(=O)Nc2ncn(Cc3ccccc3)n2)cc1S(=O)(=O)N1CCCCC1C. The van der Waals surface area contributed by atoms with Crippen molar-refractivity contribution in [1.29, 1.82) is 0 Å². The van der Waals surface area contributed by atoms with Gasteiger partial charge in [-0.2, -0.15) is 4.31 Å². The van der Waals surface area contributed by atoms with Crippen molar-refractivity contribution in [2.75, 3.05) is 19.0 Å². The molecule has 0 saturated carbocycles. The Labute approximate surface area is 193 Å². The molecule has 1 amide bonds. The molecule has 1 fully saturated rings. The van der Waals surface area contributed by atoms with Gasteiger partial charge in [-0.1, -0.05) is 36.8 Å². The quantitative estimate of drug-likeness (QED) is 0.570. The smallest absolute Gasteiger partial charge is 0.258 e. The van der Waals surface area contributed by atoms with Gasteiger partial charge in [-0.3, -0.25) is 10.1 Å². The lowest BCUT2D eigenvalue weighted by atomic mass is 10.1. The largest absolute Gasteiger partial charge is 0.495 e. The van der Waals surface area contributed by atoms with E-state index in [2.05, 4.69) is 15.4 Å². The number of nitrogens with zero attached hydrogens (tertiary/aromatic N) is 4. The minimum atomic E-state index is -3.82. The molecule has 1 aliphatic heterocycles. The van der Waals surface area contributed by atoms with Gasteiger partial charge < -0.3 is 4.74 Å². The molecule has 2 aromatic carbocycles. The van der Waals surface area contributed by atoms with Crippen LogP contribution in [0.25, 0.3) is 0 Å². The third kappa shape index (κ3) is 5.07. The standard InChI is InChI=1S/C23H27N5O4S/c1-17-8-6-7-13-28(17)33(30,31)21-14-19(11-12-20(21)32-2)22(29)25-23-24-16-27(26-23)15-18-9-4-3-5-10-18/h3-5,9-12,14,16-17H,6-8,13,15H2,1-2H3,(H,25,26,29). The molecule has 4 rings (SSSR count). The van der Waals surface area contributed by atoms with Crippen LogP contribution < -0.4 is 10.1 Å². The fraction of sp³-hybridized carbons (Fsp3) is 0.348. The van der Waals surface area contributed by atoms with Gasteiger partial charge in [-0.15, -0.1) is 5.10 Å². The van der Waals surface area contributed by atoms with E-state index in [1.54, 1.807) is 4.68 Å². The number of carbonyl (C=O) groups is 1. The highest BCUT2D eigenvalue weighted by molar-refractivity contribution is 7.89. The zero-order chi connectivity index (χ0) is 23.4. The Bertz CT molecular complexity index is 1230. The Balaban J connectivity index is 1.54. The molecule has 1 saturated heterocycles. The van der Waals surface area contributed by atoms with Crippen molar-refractivity contribution in [1.82, 2.24) is 19.1 Å². The lowest BCUT2D eigenvalue weighted by Gasteiger charge is -2.32. The fourth-order valence-electron chi connectivity index (χ4n) is 3.95. The Morgan fingerprint density at radius 3 is 2.70 bits per heavy atom. The molecule has 0 radical (unpaired) electrons. The summed E-state index contributed by atoms with van der Waals surface area (Å²) < 4.78 is 35.2. The number of rotatable bonds is 7. The first kappa shape index (κ1) is 22.9. The van der Waals surface area contributed by atoms with Gasteiger partial charge in [-0.05, 0) is 43.5 Å². The molecule has 0 bridgehead atoms. The van der Waals surface area contributed by atoms with Gasteiger partial charge in [0.1, 0.15) is 17.0 Å². The van der Waals surface area contributed by atoms with Crippen molar-refractivity contribution in [3.05, 3.63) is 66.0 Å². The normalized spacial score (nSPS) is 17.0. The van der Waals surface area contributed by atoms with E-state index in [1.165, 1.54) is 35.9 Å². The van der Waals surface area contributed by atoms with Gasteiger partial charge in [0, 0.05) is 18.2 Å². The molecule has 9 nitrogen and oxygen atoms in total. The van der Waals surface area contributed by atoms with E-state index in [1.807, 2.05) is 37.3 Å². The minimum absolute atomic E-state index is 0.0195. The van der Waals surface area contributed by atoms with Crippen LogP contribution in [-0.2, 0) is 16.6 Å². The van der Waals surface area contributed by atoms with E-state index < -0.39 is 15.9 Å². The van der Waals surface area contributed by atoms with Gasteiger partial charge in [-0.25, -0.2) is 18.1 Å². The van der Waals surface area contributed by atoms with Crippen LogP contribution in [0.3, 0.4) is 0 Å². The second kappa shape index (κ2) is 9.72. The van der Waals surface area contributed by atoms with Gasteiger partial charge in [0.2, 0.25) is 16.0 Å². The summed E-state index contributed by atoms with van der Waals surface area (Å²) in [4.78, 5) is 17.0. The van der Waals surface area contributed by atoms with Gasteiger partial charge in [0.15, 0.2) is 0 Å². The van der Waals surface area contributed by atoms with E-state index in [0.717, 1.165) is 24.8 Å². The number of ether oxygens (including phenoxy) is 1. The Kier molecular flexibility index (Phi) is 6.75. The average Bonchev–Trinajstić information content (AvgIpc) is 3.26. The summed E-state index contributed by atoms with van der Waals surface area (Å²) >= 11 is 0. The highest BCUT2D eigenvalue weighted by atomic mass is 32.2. The topological polar surface area (TPSA) is 106 Å². The number of methoxy groups -OCH3 is 1. The molecule has 33 heavy (non-hydrogen) atoms. The van der Waals surface area contributed by atoms with Crippen LogP contribution in [0.1, 0.15) is 42.1 Å². The van der Waals surface area contributed by atoms with Crippen LogP contribution in [0.15, 0.2) is 59.8 Å². The molecule has 1 N–H and O–H groups in total. The lowest BCUT2D eigenvalue weighted by Crippen LogP contribution is -2.42. The number of piperidine rings is 1. The van der Waals surface area contributed by atoms with E-state index in [-0.39, 0.29) is 28.2 Å². The van der Waals surface area contributed by atoms with Crippen molar-refractivity contribution in [3.63, 3.8) is 0 Å². The van der Waals surface area contributed by atoms with Crippen molar-refractivity contribution >= 4 is 21.9 Å². The number of amides is 1. The Hall–Kier alpha value is -3.24. The van der Waals surface area contributed by atoms with Crippen molar-refractivity contribution in [2.24, 2.45) is 0 Å². The second-order valence-electron chi connectivity index (χ2n) is 8.03. The molecule has 1 aliphatic rings. The maximum atomic E-state index is 13.4. The second-order valence-corrected chi connectivity index (χ2v) is 9.89. The Morgan fingerprint density at radius 1 is 1.18 bits per heavy atom. The van der Waals surface area contributed by atoms with Crippen LogP contribution in [0.4, 0.5) is 5.95 Å². The van der Waals surface area contributed by atoms with Crippen molar-refractivity contribution in [2.45, 2.75) is 43.7 Å². The highest BCUT2D eigenvalue weighted by Gasteiger charge is 2.33. The zero-order valence-corrected chi connectivity index (χ0v) is 19.5. The van der Waals surface area contributed by atoms with E-state index in [9.17, 15) is 13.2 Å². The van der Waals surface area contributed by atoms with E-state index in [0.29, 0.717) is 13.1 Å². The van der Waals surface area contributed by atoms with Crippen LogP contribution in [0.2, 0.25) is 0 Å². The number of anilines is 1. The van der Waals surface area contributed by atoms with Gasteiger partial charge in [0.25, 0.3) is 5.91 Å². The van der Waals surface area contributed by atoms with Gasteiger partial charge in [0.05, 0.1) is 13.7 Å². The molecule has 1 unspecified atom stereocenters. The number of benzene rings is 2. The molecule has 3 aromatic rings. The minimum Gasteiger partial charge on any atom is -0.495 e. The van der Waals surface area contributed by atoms with Crippen LogP contribution in [0, 0.1) is 0 Å². The molecule has 2 heterocycles. The maximum absolute atomic E-state index is 13.4. The monoisotopic (exact) mass is 469 g/mol. The lowest BCUT2D eigenvalue weighted by molar-refractivity contribution is 0.102. The summed E-state index contributed by atoms with van der Waals surface area (Å²) in [5.74, 6) is -0.159. The first-order valence-electron chi connectivity index (χ1n) is 10.8. The summed E-state index contributed by atoms with van der Waals surface area (Å²) in [7, 11) is -2.41. The van der Waals surface area contributed by atoms with E-state index >= 15 is 0 Å². The number of sulfonamides is 1. The molecular formula is C23H27N5O4S. The first-order valence-corrected chi connectivity index (χ1v) is 12.3. The predicted molar refractivity (Wildman–Crippen MR) is 124 cm³/mol. The van der Waals surface area contributed by atoms with Gasteiger partial charge >= 0.3 is 0 Å². The number of nitrogens with one attached hydrogen (secondary N) is 1. The summed E-state index contributed by atoms with van der Waals surface area (Å²) in [5.41, 5.74) is 1.23. The molecule has 1 atom stereocenters. The fourth-order valence-corrected chi connectivity index (χ4v) is 5.83. The maximum Gasteiger partial charge on any atom is 0.258 e. The van der Waals surface area contributed by atoms with Crippen LogP contribution in [-0.4, -0.2) is 53.1 Å². The molecule has 174 valence electrons. The number of hydrogen-bond donors (Lipinski definition) is 1. The molecule has 0 spiro atoms. The summed E-state index contributed by atoms with van der Waals surface area (Å²) in [6.45, 7) is 2.87. The number of aromatic nitrogens is 3. The third-order valence-corrected chi connectivity index (χ3v) is 7.74. The average molecular weight is 470 g/mol. The van der Waals surface area contributed by atoms with Crippen LogP contribution >= 0.6 is 0 Å². The van der Waals surface area contributed by atoms with Crippen molar-refractivity contribution in [3.8, 4) is 5.75 Å². The Morgan fingerprint density at radius 2 is 1.97 bits per heavy atom.